The summed E-state index contributed by atoms with van der Waals surface area (Å²) in [7, 11) is -3.39. The van der Waals surface area contributed by atoms with Gasteiger partial charge in [0.05, 0.1) is 17.9 Å². The number of carbonyl (C=O) groups excluding carboxylic acids is 1. The smallest absolute Gasteiger partial charge is 0.307 e. The Balaban J connectivity index is 4.04. The average Bonchev–Trinajstić information content (AvgIpc) is 2.11. The lowest BCUT2D eigenvalue weighted by molar-refractivity contribution is -0.154. The summed E-state index contributed by atoms with van der Waals surface area (Å²) < 4.78 is 27.9. The largest absolute Gasteiger partial charge is 0.481 e. The van der Waals surface area contributed by atoms with Crippen molar-refractivity contribution in [2.24, 2.45) is 0 Å². The molecule has 0 rings (SSSR count). The van der Waals surface area contributed by atoms with Crippen molar-refractivity contribution < 1.29 is 27.9 Å². The van der Waals surface area contributed by atoms with Gasteiger partial charge in [0.15, 0.2) is 9.84 Å². The van der Waals surface area contributed by atoms with E-state index >= 15 is 0 Å². The van der Waals surface area contributed by atoms with Crippen LogP contribution in [-0.4, -0.2) is 42.6 Å². The number of hydrogen-bond donors (Lipinski definition) is 1. The Morgan fingerprint density at radius 1 is 1.11 bits per heavy atom. The predicted molar refractivity (Wildman–Crippen MR) is 66.0 cm³/mol. The number of aliphatic carboxylic acids is 1. The molecule has 0 aromatic carbocycles. The Labute approximate surface area is 107 Å². The van der Waals surface area contributed by atoms with Crippen molar-refractivity contribution in [1.82, 2.24) is 0 Å². The predicted octanol–water partition coefficient (Wildman–Crippen LogP) is 0.998. The molecule has 0 aliphatic carbocycles. The normalized spacial score (nSPS) is 12.2. The lowest BCUT2D eigenvalue weighted by Crippen LogP contribution is -2.25. The second-order valence-corrected chi connectivity index (χ2v) is 7.29. The topological polar surface area (TPSA) is 97.7 Å². The van der Waals surface area contributed by atoms with Gasteiger partial charge in [-0.05, 0) is 27.2 Å². The molecule has 0 fully saturated rings. The molecule has 0 unspecified atom stereocenters. The van der Waals surface area contributed by atoms with Crippen molar-refractivity contribution in [2.75, 3.05) is 11.5 Å². The number of rotatable bonds is 7. The Bertz CT molecular complexity index is 390. The van der Waals surface area contributed by atoms with Crippen LogP contribution in [0.5, 0.6) is 0 Å². The van der Waals surface area contributed by atoms with Gasteiger partial charge in [-0.1, -0.05) is 0 Å². The molecule has 0 bridgehead atoms. The Hall–Kier alpha value is -1.11. The van der Waals surface area contributed by atoms with E-state index in [-0.39, 0.29) is 30.8 Å². The fraction of sp³-hybridized carbons (Fsp3) is 0.818. The van der Waals surface area contributed by atoms with Crippen LogP contribution >= 0.6 is 0 Å². The lowest BCUT2D eigenvalue weighted by Gasteiger charge is -2.19. The van der Waals surface area contributed by atoms with Gasteiger partial charge in [-0.15, -0.1) is 0 Å². The Morgan fingerprint density at radius 3 is 2.11 bits per heavy atom. The zero-order valence-corrected chi connectivity index (χ0v) is 11.7. The molecule has 0 radical (unpaired) electrons. The molecule has 0 saturated heterocycles. The Kier molecular flexibility index (Phi) is 6.31. The summed E-state index contributed by atoms with van der Waals surface area (Å²) in [5.74, 6) is -2.12. The van der Waals surface area contributed by atoms with E-state index in [4.69, 9.17) is 9.84 Å². The molecule has 0 saturated carbocycles. The standard InChI is InChI=1S/C11H20O6S/c1-11(2,3)17-10(14)6-8-18(15,16)7-4-5-9(12)13/h4-8H2,1-3H3,(H,12,13). The van der Waals surface area contributed by atoms with E-state index < -0.39 is 27.4 Å². The van der Waals surface area contributed by atoms with Crippen LogP contribution < -0.4 is 0 Å². The second kappa shape index (κ2) is 6.72. The van der Waals surface area contributed by atoms with Crippen molar-refractivity contribution in [2.45, 2.75) is 45.6 Å². The number of esters is 1. The highest BCUT2D eigenvalue weighted by molar-refractivity contribution is 7.91. The molecule has 0 aliphatic heterocycles. The molecule has 0 aromatic heterocycles. The van der Waals surface area contributed by atoms with E-state index in [2.05, 4.69) is 0 Å². The van der Waals surface area contributed by atoms with E-state index in [1.165, 1.54) is 0 Å². The fourth-order valence-electron chi connectivity index (χ4n) is 1.18. The molecular weight excluding hydrogens is 260 g/mol. The minimum atomic E-state index is -3.39. The SMILES string of the molecule is CC(C)(C)OC(=O)CCS(=O)(=O)CCCC(=O)O. The molecule has 1 N–H and O–H groups in total. The highest BCUT2D eigenvalue weighted by Gasteiger charge is 2.19. The maximum absolute atomic E-state index is 11.5. The van der Waals surface area contributed by atoms with Gasteiger partial charge in [0, 0.05) is 6.42 Å². The molecule has 0 heterocycles. The third-order valence-corrected chi connectivity index (χ3v) is 3.62. The summed E-state index contributed by atoms with van der Waals surface area (Å²) in [5, 5.41) is 8.39. The molecule has 18 heavy (non-hydrogen) atoms. The number of carbonyl (C=O) groups is 2. The highest BCUT2D eigenvalue weighted by atomic mass is 32.2. The van der Waals surface area contributed by atoms with Gasteiger partial charge >= 0.3 is 11.9 Å². The van der Waals surface area contributed by atoms with Crippen molar-refractivity contribution in [3.8, 4) is 0 Å². The molecule has 106 valence electrons. The molecule has 0 amide bonds. The van der Waals surface area contributed by atoms with Gasteiger partial charge in [0.25, 0.3) is 0 Å². The van der Waals surface area contributed by atoms with E-state index in [0.29, 0.717) is 0 Å². The summed E-state index contributed by atoms with van der Waals surface area (Å²) in [6.07, 6.45) is -0.329. The fourth-order valence-corrected chi connectivity index (χ4v) is 2.44. The summed E-state index contributed by atoms with van der Waals surface area (Å²) in [6.45, 7) is 5.10. The van der Waals surface area contributed by atoms with Crippen LogP contribution in [0.4, 0.5) is 0 Å². The third kappa shape index (κ3) is 10.1. The number of ether oxygens (including phenoxy) is 1. The zero-order chi connectivity index (χ0) is 14.4. The summed E-state index contributed by atoms with van der Waals surface area (Å²) >= 11 is 0. The van der Waals surface area contributed by atoms with Crippen molar-refractivity contribution in [3.63, 3.8) is 0 Å². The Morgan fingerprint density at radius 2 is 1.67 bits per heavy atom. The van der Waals surface area contributed by atoms with Gasteiger partial charge < -0.3 is 9.84 Å². The first-order chi connectivity index (χ1) is 8.02. The van der Waals surface area contributed by atoms with Crippen LogP contribution in [0.25, 0.3) is 0 Å². The molecule has 0 spiro atoms. The van der Waals surface area contributed by atoms with Gasteiger partial charge in [-0.2, -0.15) is 0 Å². The molecule has 0 aliphatic rings. The summed E-state index contributed by atoms with van der Waals surface area (Å²) in [5.41, 5.74) is -0.635. The van der Waals surface area contributed by atoms with Crippen LogP contribution in [0.15, 0.2) is 0 Å². The number of hydrogen-bond acceptors (Lipinski definition) is 5. The van der Waals surface area contributed by atoms with Crippen molar-refractivity contribution in [3.05, 3.63) is 0 Å². The summed E-state index contributed by atoms with van der Waals surface area (Å²) in [4.78, 5) is 21.5. The van der Waals surface area contributed by atoms with E-state index in [1.807, 2.05) is 0 Å². The van der Waals surface area contributed by atoms with Crippen molar-refractivity contribution >= 4 is 21.8 Å². The van der Waals surface area contributed by atoms with E-state index in [1.54, 1.807) is 20.8 Å². The minimum absolute atomic E-state index is 0.0615. The average molecular weight is 280 g/mol. The first-order valence-electron chi connectivity index (χ1n) is 5.66. The van der Waals surface area contributed by atoms with Crippen LogP contribution in [0, 0.1) is 0 Å². The van der Waals surface area contributed by atoms with Gasteiger partial charge in [0.1, 0.15) is 5.60 Å². The van der Waals surface area contributed by atoms with Crippen LogP contribution in [0.3, 0.4) is 0 Å². The molecule has 6 nitrogen and oxygen atoms in total. The minimum Gasteiger partial charge on any atom is -0.481 e. The number of sulfone groups is 1. The van der Waals surface area contributed by atoms with Crippen LogP contribution in [0.1, 0.15) is 40.0 Å². The van der Waals surface area contributed by atoms with Crippen LogP contribution in [-0.2, 0) is 24.2 Å². The maximum atomic E-state index is 11.5. The van der Waals surface area contributed by atoms with E-state index in [0.717, 1.165) is 0 Å². The zero-order valence-electron chi connectivity index (χ0n) is 10.9. The molecular formula is C11H20O6S. The number of carboxylic acid groups (broad SMARTS) is 1. The van der Waals surface area contributed by atoms with E-state index in [9.17, 15) is 18.0 Å². The van der Waals surface area contributed by atoms with Crippen LogP contribution in [0.2, 0.25) is 0 Å². The third-order valence-electron chi connectivity index (χ3n) is 1.88. The number of carboxylic acids is 1. The molecule has 0 aromatic rings. The molecule has 0 atom stereocenters. The highest BCUT2D eigenvalue weighted by Crippen LogP contribution is 2.09. The lowest BCUT2D eigenvalue weighted by atomic mass is 10.2. The first kappa shape index (κ1) is 16.9. The quantitative estimate of drug-likeness (QED) is 0.699. The van der Waals surface area contributed by atoms with Crippen molar-refractivity contribution in [1.29, 1.82) is 0 Å². The second-order valence-electron chi connectivity index (χ2n) is 4.99. The molecule has 7 heteroatoms. The summed E-state index contributed by atoms with van der Waals surface area (Å²) in [6, 6.07) is 0. The monoisotopic (exact) mass is 280 g/mol. The maximum Gasteiger partial charge on any atom is 0.307 e. The van der Waals surface area contributed by atoms with Gasteiger partial charge in [-0.25, -0.2) is 8.42 Å². The van der Waals surface area contributed by atoms with Gasteiger partial charge in [0.2, 0.25) is 0 Å². The first-order valence-corrected chi connectivity index (χ1v) is 7.48. The van der Waals surface area contributed by atoms with Gasteiger partial charge in [-0.3, -0.25) is 9.59 Å².